The van der Waals surface area contributed by atoms with E-state index in [9.17, 15) is 0 Å². The maximum Gasteiger partial charge on any atom is 0.0946 e. The maximum absolute atomic E-state index is 4.06. The summed E-state index contributed by atoms with van der Waals surface area (Å²) in [6.07, 6.45) is 5.70. The lowest BCUT2D eigenvalue weighted by molar-refractivity contribution is 0.310. The molecule has 0 aliphatic rings. The van der Waals surface area contributed by atoms with Gasteiger partial charge in [-0.15, -0.1) is 0 Å². The van der Waals surface area contributed by atoms with Gasteiger partial charge < -0.3 is 14.4 Å². The lowest BCUT2D eigenvalue weighted by Crippen LogP contribution is -2.22. The summed E-state index contributed by atoms with van der Waals surface area (Å²) in [7, 11) is 6.39. The molecular weight excluding hydrogens is 260 g/mol. The minimum Gasteiger partial charge on any atom is -0.336 e. The lowest BCUT2D eigenvalue weighted by Gasteiger charge is -2.21. The van der Waals surface area contributed by atoms with Crippen molar-refractivity contribution in [3.63, 3.8) is 0 Å². The number of hydrogen-bond acceptors (Lipinski definition) is 3. The van der Waals surface area contributed by atoms with E-state index < -0.39 is 0 Å². The molecule has 21 heavy (non-hydrogen) atoms. The molecule has 0 spiro atoms. The van der Waals surface area contributed by atoms with Crippen LogP contribution in [0.5, 0.6) is 0 Å². The molecule has 0 N–H and O–H groups in total. The Morgan fingerprint density at radius 3 is 2.43 bits per heavy atom. The molecule has 114 valence electrons. The zero-order valence-corrected chi connectivity index (χ0v) is 13.5. The van der Waals surface area contributed by atoms with E-state index in [1.807, 2.05) is 18.7 Å². The number of benzene rings is 1. The predicted octanol–water partition coefficient (Wildman–Crippen LogP) is 2.64. The van der Waals surface area contributed by atoms with Crippen molar-refractivity contribution in [1.82, 2.24) is 19.4 Å². The second kappa shape index (κ2) is 7.38. The molecule has 0 unspecified atom stereocenters. The van der Waals surface area contributed by atoms with Crippen LogP contribution in [-0.2, 0) is 13.1 Å². The molecule has 0 saturated carbocycles. The van der Waals surface area contributed by atoms with Crippen LogP contribution < -0.4 is 0 Å². The first-order valence-electron chi connectivity index (χ1n) is 7.46. The molecule has 4 heteroatoms. The Morgan fingerprint density at radius 1 is 1.14 bits per heavy atom. The molecule has 1 atom stereocenters. The minimum atomic E-state index is 0.457. The van der Waals surface area contributed by atoms with Gasteiger partial charge in [-0.05, 0) is 39.2 Å². The molecule has 1 aromatic carbocycles. The van der Waals surface area contributed by atoms with Gasteiger partial charge in [0, 0.05) is 38.1 Å². The first-order chi connectivity index (χ1) is 10.1. The van der Waals surface area contributed by atoms with Crippen LogP contribution in [0.4, 0.5) is 0 Å². The summed E-state index contributed by atoms with van der Waals surface area (Å²) in [5.74, 6) is 0. The van der Waals surface area contributed by atoms with Crippen molar-refractivity contribution in [2.75, 3.05) is 27.7 Å². The molecule has 0 aliphatic carbocycles. The Balaban J connectivity index is 1.85. The Kier molecular flexibility index (Phi) is 5.53. The van der Waals surface area contributed by atoms with E-state index in [1.54, 1.807) is 0 Å². The van der Waals surface area contributed by atoms with E-state index in [1.165, 1.54) is 11.1 Å². The van der Waals surface area contributed by atoms with Crippen LogP contribution in [0.2, 0.25) is 0 Å². The van der Waals surface area contributed by atoms with Gasteiger partial charge in [0.25, 0.3) is 0 Å². The van der Waals surface area contributed by atoms with Gasteiger partial charge in [-0.25, -0.2) is 4.98 Å². The first-order valence-corrected chi connectivity index (χ1v) is 7.46. The van der Waals surface area contributed by atoms with E-state index in [4.69, 9.17) is 0 Å². The van der Waals surface area contributed by atoms with Crippen molar-refractivity contribution in [1.29, 1.82) is 0 Å². The highest BCUT2D eigenvalue weighted by Crippen LogP contribution is 2.18. The standard InChI is InChI=1S/C17H26N4/c1-15(19(2)3)17-7-5-16(6-8-17)13-20(4)11-12-21-10-9-18-14-21/h5-10,14-15H,11-13H2,1-4H3/t15-/m0/s1. The van der Waals surface area contributed by atoms with Crippen LogP contribution in [0.25, 0.3) is 0 Å². The molecular formula is C17H26N4. The molecule has 2 rings (SSSR count). The summed E-state index contributed by atoms with van der Waals surface area (Å²) in [6.45, 7) is 5.20. The fraction of sp³-hybridized carbons (Fsp3) is 0.471. The molecule has 1 heterocycles. The third-order valence-electron chi connectivity index (χ3n) is 3.99. The highest BCUT2D eigenvalue weighted by Gasteiger charge is 2.07. The fourth-order valence-electron chi connectivity index (χ4n) is 2.30. The second-order valence-corrected chi connectivity index (χ2v) is 5.92. The molecule has 2 aromatic rings. The topological polar surface area (TPSA) is 24.3 Å². The number of hydrogen-bond donors (Lipinski definition) is 0. The quantitative estimate of drug-likeness (QED) is 0.782. The van der Waals surface area contributed by atoms with Crippen molar-refractivity contribution in [3.8, 4) is 0 Å². The van der Waals surface area contributed by atoms with E-state index >= 15 is 0 Å². The zero-order chi connectivity index (χ0) is 15.2. The van der Waals surface area contributed by atoms with Crippen molar-refractivity contribution >= 4 is 0 Å². The largest absolute Gasteiger partial charge is 0.336 e. The second-order valence-electron chi connectivity index (χ2n) is 5.92. The van der Waals surface area contributed by atoms with Gasteiger partial charge in [0.1, 0.15) is 0 Å². The summed E-state index contributed by atoms with van der Waals surface area (Å²) >= 11 is 0. The van der Waals surface area contributed by atoms with Gasteiger partial charge >= 0.3 is 0 Å². The van der Waals surface area contributed by atoms with Crippen LogP contribution in [0.3, 0.4) is 0 Å². The van der Waals surface area contributed by atoms with Crippen molar-refractivity contribution < 1.29 is 0 Å². The lowest BCUT2D eigenvalue weighted by atomic mass is 10.1. The molecule has 0 fully saturated rings. The molecule has 1 aromatic heterocycles. The van der Waals surface area contributed by atoms with Gasteiger partial charge in [-0.2, -0.15) is 0 Å². The average Bonchev–Trinajstić information content (AvgIpc) is 2.98. The zero-order valence-electron chi connectivity index (χ0n) is 13.5. The molecule has 0 saturated heterocycles. The van der Waals surface area contributed by atoms with E-state index in [2.05, 4.69) is 71.7 Å². The first kappa shape index (κ1) is 15.7. The Hall–Kier alpha value is -1.65. The number of aromatic nitrogens is 2. The van der Waals surface area contributed by atoms with Crippen LogP contribution in [-0.4, -0.2) is 47.0 Å². The third-order valence-corrected chi connectivity index (χ3v) is 3.99. The molecule has 0 aliphatic heterocycles. The van der Waals surface area contributed by atoms with Crippen LogP contribution in [0.15, 0.2) is 43.0 Å². The Morgan fingerprint density at radius 2 is 1.86 bits per heavy atom. The smallest absolute Gasteiger partial charge is 0.0946 e. The van der Waals surface area contributed by atoms with Gasteiger partial charge in [-0.3, -0.25) is 0 Å². The monoisotopic (exact) mass is 286 g/mol. The number of imidazole rings is 1. The summed E-state index contributed by atoms with van der Waals surface area (Å²) in [6, 6.07) is 9.41. The SMILES string of the molecule is C[C@@H](c1ccc(CN(C)CCn2ccnc2)cc1)N(C)C. The van der Waals surface area contributed by atoms with Crippen LogP contribution in [0.1, 0.15) is 24.1 Å². The number of rotatable bonds is 7. The van der Waals surface area contributed by atoms with Crippen molar-refractivity contribution in [2.45, 2.75) is 26.1 Å². The van der Waals surface area contributed by atoms with E-state index in [0.717, 1.165) is 19.6 Å². The van der Waals surface area contributed by atoms with Gasteiger partial charge in [0.2, 0.25) is 0 Å². The Bertz CT molecular complexity index is 516. The van der Waals surface area contributed by atoms with Crippen LogP contribution >= 0.6 is 0 Å². The predicted molar refractivity (Wildman–Crippen MR) is 87.1 cm³/mol. The third kappa shape index (κ3) is 4.69. The van der Waals surface area contributed by atoms with E-state index in [-0.39, 0.29) is 0 Å². The van der Waals surface area contributed by atoms with E-state index in [0.29, 0.717) is 6.04 Å². The maximum atomic E-state index is 4.06. The summed E-state index contributed by atoms with van der Waals surface area (Å²) in [5.41, 5.74) is 2.72. The highest BCUT2D eigenvalue weighted by molar-refractivity contribution is 5.24. The van der Waals surface area contributed by atoms with Crippen LogP contribution in [0, 0.1) is 0 Å². The number of likely N-dealkylation sites (N-methyl/N-ethyl adjacent to an activating group) is 1. The van der Waals surface area contributed by atoms with Crippen molar-refractivity contribution in [2.24, 2.45) is 0 Å². The number of nitrogens with zero attached hydrogens (tertiary/aromatic N) is 4. The van der Waals surface area contributed by atoms with Gasteiger partial charge in [0.15, 0.2) is 0 Å². The highest BCUT2D eigenvalue weighted by atomic mass is 15.1. The normalized spacial score (nSPS) is 13.0. The van der Waals surface area contributed by atoms with Gasteiger partial charge in [0.05, 0.1) is 6.33 Å². The summed E-state index contributed by atoms with van der Waals surface area (Å²) in [5, 5.41) is 0. The van der Waals surface area contributed by atoms with Crippen molar-refractivity contribution in [3.05, 3.63) is 54.1 Å². The Labute approximate surface area is 128 Å². The van der Waals surface area contributed by atoms with Gasteiger partial charge in [-0.1, -0.05) is 24.3 Å². The molecule has 0 bridgehead atoms. The molecule has 0 radical (unpaired) electrons. The summed E-state index contributed by atoms with van der Waals surface area (Å²) in [4.78, 5) is 8.63. The summed E-state index contributed by atoms with van der Waals surface area (Å²) < 4.78 is 2.11. The minimum absolute atomic E-state index is 0.457. The fourth-order valence-corrected chi connectivity index (χ4v) is 2.30. The average molecular weight is 286 g/mol. The molecule has 0 amide bonds. The molecule has 4 nitrogen and oxygen atoms in total.